The van der Waals surface area contributed by atoms with Gasteiger partial charge in [0.1, 0.15) is 0 Å². The molecule has 0 radical (unpaired) electrons. The summed E-state index contributed by atoms with van der Waals surface area (Å²) < 4.78 is 3.13. The van der Waals surface area contributed by atoms with Crippen molar-refractivity contribution in [2.45, 2.75) is 39.2 Å². The van der Waals surface area contributed by atoms with Crippen molar-refractivity contribution in [2.24, 2.45) is 0 Å². The molecule has 0 bridgehead atoms. The lowest BCUT2D eigenvalue weighted by molar-refractivity contribution is 0.202. The van der Waals surface area contributed by atoms with Crippen LogP contribution in [0, 0.1) is 11.7 Å². The number of benzene rings is 1. The number of aromatic nitrogens is 2. The Morgan fingerprint density at radius 2 is 2.00 bits per heavy atom. The molecule has 20 heavy (non-hydrogen) atoms. The molecule has 1 unspecified atom stereocenters. The van der Waals surface area contributed by atoms with Crippen molar-refractivity contribution in [3.05, 3.63) is 28.5 Å². The number of aryl methyl sites for hydroxylation is 1. The van der Waals surface area contributed by atoms with Gasteiger partial charge in [-0.2, -0.15) is 0 Å². The van der Waals surface area contributed by atoms with Crippen LogP contribution in [0.3, 0.4) is 0 Å². The second-order valence-corrected chi connectivity index (χ2v) is 6.37. The minimum atomic E-state index is 0.413. The zero-order chi connectivity index (χ0) is 14.1. The summed E-state index contributed by atoms with van der Waals surface area (Å²) in [6.07, 6.45) is 4.06. The molecule has 3 rings (SSSR count). The number of imidazole rings is 1. The number of nitrogens with one attached hydrogen (secondary N) is 1. The van der Waals surface area contributed by atoms with Crippen LogP contribution in [0.5, 0.6) is 0 Å². The second kappa shape index (κ2) is 5.70. The van der Waals surface area contributed by atoms with Crippen molar-refractivity contribution in [3.63, 3.8) is 0 Å². The molecular weight excluding hydrogens is 266 g/mol. The van der Waals surface area contributed by atoms with Gasteiger partial charge in [0.2, 0.25) is 0 Å². The van der Waals surface area contributed by atoms with Crippen molar-refractivity contribution >= 4 is 23.3 Å². The Balaban J connectivity index is 1.91. The van der Waals surface area contributed by atoms with E-state index >= 15 is 0 Å². The molecule has 0 spiro atoms. The highest BCUT2D eigenvalue weighted by atomic mass is 32.1. The highest BCUT2D eigenvalue weighted by Crippen LogP contribution is 2.23. The molecule has 1 fully saturated rings. The molecule has 4 heteroatoms. The monoisotopic (exact) mass is 289 g/mol. The molecule has 0 aliphatic carbocycles. The number of fused-ring (bicyclic) bond motifs is 1. The van der Waals surface area contributed by atoms with Crippen LogP contribution in [-0.4, -0.2) is 34.1 Å². The van der Waals surface area contributed by atoms with Crippen molar-refractivity contribution in [2.75, 3.05) is 19.6 Å². The molecule has 1 aromatic heterocycles. The summed E-state index contributed by atoms with van der Waals surface area (Å²) in [5.41, 5.74) is 3.68. The second-order valence-electron chi connectivity index (χ2n) is 5.98. The van der Waals surface area contributed by atoms with Crippen LogP contribution in [0.2, 0.25) is 0 Å². The number of rotatable bonds is 3. The summed E-state index contributed by atoms with van der Waals surface area (Å²) in [6.45, 7) is 7.97. The summed E-state index contributed by atoms with van der Waals surface area (Å²) in [5.74, 6) is 0. The van der Waals surface area contributed by atoms with Gasteiger partial charge in [0.25, 0.3) is 0 Å². The van der Waals surface area contributed by atoms with E-state index in [2.05, 4.69) is 46.5 Å². The molecular formula is C16H23N3S. The normalized spacial score (nSPS) is 18.5. The highest BCUT2D eigenvalue weighted by molar-refractivity contribution is 7.71. The predicted molar refractivity (Wildman–Crippen MR) is 86.9 cm³/mol. The maximum Gasteiger partial charge on any atom is 0.178 e. The van der Waals surface area contributed by atoms with Crippen LogP contribution in [0.4, 0.5) is 0 Å². The van der Waals surface area contributed by atoms with E-state index in [4.69, 9.17) is 12.2 Å². The summed E-state index contributed by atoms with van der Waals surface area (Å²) in [6, 6.07) is 6.83. The first-order valence-electron chi connectivity index (χ1n) is 7.59. The Bertz CT molecular complexity index is 649. The first kappa shape index (κ1) is 13.8. The minimum Gasteiger partial charge on any atom is -0.330 e. The van der Waals surface area contributed by atoms with Gasteiger partial charge in [-0.3, -0.25) is 0 Å². The topological polar surface area (TPSA) is 24.0 Å². The van der Waals surface area contributed by atoms with Gasteiger partial charge in [0.05, 0.1) is 11.0 Å². The molecule has 0 saturated carbocycles. The zero-order valence-electron chi connectivity index (χ0n) is 12.4. The molecule has 2 aromatic rings. The molecule has 1 aliphatic rings. The molecule has 1 aromatic carbocycles. The average Bonchev–Trinajstić information content (AvgIpc) is 2.78. The number of H-pyrrole nitrogens is 1. The van der Waals surface area contributed by atoms with Crippen molar-refractivity contribution in [1.29, 1.82) is 0 Å². The molecule has 2 heterocycles. The molecule has 1 atom stereocenters. The van der Waals surface area contributed by atoms with Gasteiger partial charge in [-0.1, -0.05) is 18.6 Å². The van der Waals surface area contributed by atoms with E-state index in [1.807, 2.05) is 0 Å². The number of likely N-dealkylation sites (tertiary alicyclic amines) is 1. The molecule has 0 amide bonds. The standard InChI is InChI=1S/C16H23N3S/c1-12-7-6-8-14-15(12)17-16(20)19(14)13(2)11-18-9-4-3-5-10-18/h6-8,13H,3-5,9-11H2,1-2H3,(H,17,20). The van der Waals surface area contributed by atoms with Gasteiger partial charge in [0.15, 0.2) is 4.77 Å². The fraction of sp³-hybridized carbons (Fsp3) is 0.562. The maximum absolute atomic E-state index is 5.55. The van der Waals surface area contributed by atoms with E-state index in [1.165, 1.54) is 48.9 Å². The molecule has 1 aliphatic heterocycles. The largest absolute Gasteiger partial charge is 0.330 e. The van der Waals surface area contributed by atoms with Crippen molar-refractivity contribution < 1.29 is 0 Å². The van der Waals surface area contributed by atoms with Crippen molar-refractivity contribution in [3.8, 4) is 0 Å². The quantitative estimate of drug-likeness (QED) is 0.862. The number of aromatic amines is 1. The number of piperidine rings is 1. The van der Waals surface area contributed by atoms with E-state index in [0.29, 0.717) is 6.04 Å². The van der Waals surface area contributed by atoms with Gasteiger partial charge in [-0.05, 0) is 63.6 Å². The molecule has 1 saturated heterocycles. The average molecular weight is 289 g/mol. The fourth-order valence-electron chi connectivity index (χ4n) is 3.33. The summed E-state index contributed by atoms with van der Waals surface area (Å²) in [7, 11) is 0. The predicted octanol–water partition coefficient (Wildman–Crippen LogP) is 4.05. The van der Waals surface area contributed by atoms with E-state index < -0.39 is 0 Å². The van der Waals surface area contributed by atoms with Crippen LogP contribution < -0.4 is 0 Å². The molecule has 108 valence electrons. The first-order valence-corrected chi connectivity index (χ1v) is 8.00. The van der Waals surface area contributed by atoms with Crippen LogP contribution >= 0.6 is 12.2 Å². The minimum absolute atomic E-state index is 0.413. The Morgan fingerprint density at radius 3 is 2.75 bits per heavy atom. The van der Waals surface area contributed by atoms with Gasteiger partial charge < -0.3 is 14.5 Å². The Morgan fingerprint density at radius 1 is 1.25 bits per heavy atom. The van der Waals surface area contributed by atoms with Crippen LogP contribution in [0.15, 0.2) is 18.2 Å². The summed E-state index contributed by atoms with van der Waals surface area (Å²) in [5, 5.41) is 0. The van der Waals surface area contributed by atoms with E-state index in [1.54, 1.807) is 0 Å². The van der Waals surface area contributed by atoms with Crippen LogP contribution in [0.1, 0.15) is 37.8 Å². The van der Waals surface area contributed by atoms with Crippen LogP contribution in [0.25, 0.3) is 11.0 Å². The highest BCUT2D eigenvalue weighted by Gasteiger charge is 2.17. The third-order valence-corrected chi connectivity index (χ3v) is 4.67. The van der Waals surface area contributed by atoms with Gasteiger partial charge in [-0.15, -0.1) is 0 Å². The fourth-order valence-corrected chi connectivity index (χ4v) is 3.71. The van der Waals surface area contributed by atoms with E-state index in [0.717, 1.165) is 11.3 Å². The van der Waals surface area contributed by atoms with Gasteiger partial charge in [0, 0.05) is 12.6 Å². The Labute approximate surface area is 125 Å². The smallest absolute Gasteiger partial charge is 0.178 e. The summed E-state index contributed by atoms with van der Waals surface area (Å²) >= 11 is 5.55. The van der Waals surface area contributed by atoms with E-state index in [-0.39, 0.29) is 0 Å². The zero-order valence-corrected chi connectivity index (χ0v) is 13.2. The Kier molecular flexibility index (Phi) is 3.94. The number of nitrogens with zero attached hydrogens (tertiary/aromatic N) is 2. The summed E-state index contributed by atoms with van der Waals surface area (Å²) in [4.78, 5) is 5.95. The van der Waals surface area contributed by atoms with Gasteiger partial charge in [-0.25, -0.2) is 0 Å². The number of hydrogen-bond donors (Lipinski definition) is 1. The van der Waals surface area contributed by atoms with Gasteiger partial charge >= 0.3 is 0 Å². The van der Waals surface area contributed by atoms with E-state index in [9.17, 15) is 0 Å². The van der Waals surface area contributed by atoms with Crippen molar-refractivity contribution in [1.82, 2.24) is 14.5 Å². The maximum atomic E-state index is 5.55. The lowest BCUT2D eigenvalue weighted by atomic mass is 10.1. The third-order valence-electron chi connectivity index (χ3n) is 4.37. The van der Waals surface area contributed by atoms with Crippen LogP contribution in [-0.2, 0) is 0 Å². The lowest BCUT2D eigenvalue weighted by Gasteiger charge is -2.29. The molecule has 3 nitrogen and oxygen atoms in total. The number of para-hydroxylation sites is 1. The molecule has 1 N–H and O–H groups in total. The third kappa shape index (κ3) is 2.54. The SMILES string of the molecule is Cc1cccc2c1[nH]c(=S)n2C(C)CN1CCCCC1. The first-order chi connectivity index (χ1) is 9.66. The number of hydrogen-bond acceptors (Lipinski definition) is 2. The Hall–Kier alpha value is -1.13. The lowest BCUT2D eigenvalue weighted by Crippen LogP contribution is -2.34.